The topological polar surface area (TPSA) is 90.9 Å². The average Bonchev–Trinajstić information content (AvgIpc) is 3.02. The monoisotopic (exact) mass is 525 g/mol. The van der Waals surface area contributed by atoms with Gasteiger partial charge in [0, 0.05) is 10.0 Å². The molecule has 1 aromatic heterocycles. The molecule has 0 bridgehead atoms. The molecule has 0 saturated heterocycles. The second-order valence-electron chi connectivity index (χ2n) is 7.93. The molecule has 0 aliphatic heterocycles. The summed E-state index contributed by atoms with van der Waals surface area (Å²) >= 11 is 4.44. The molecule has 1 N–H and O–H groups in total. The first kappa shape index (κ1) is 25.9. The minimum atomic E-state index is -0.615. The summed E-state index contributed by atoms with van der Waals surface area (Å²) in [6.07, 6.45) is 0. The molecule has 1 aromatic carbocycles. The van der Waals surface area contributed by atoms with Crippen molar-refractivity contribution in [3.05, 3.63) is 44.2 Å². The fraction of sp³-hybridized carbons (Fsp3) is 0.435. The number of ether oxygens (including phenoxy) is 3. The quantitative estimate of drug-likeness (QED) is 0.458. The zero-order valence-electron chi connectivity index (χ0n) is 19.1. The SMILES string of the molecule is CCOC(=O)c1sc(NC(=O)COc2ccc(Br)cc2C(C)(C)C)c(C(=O)OCC)c1C. The molecule has 9 heteroatoms. The van der Waals surface area contributed by atoms with Gasteiger partial charge in [-0.2, -0.15) is 0 Å². The van der Waals surface area contributed by atoms with Crippen LogP contribution in [0.25, 0.3) is 0 Å². The van der Waals surface area contributed by atoms with E-state index in [1.807, 2.05) is 12.1 Å². The Morgan fingerprint density at radius 3 is 2.28 bits per heavy atom. The summed E-state index contributed by atoms with van der Waals surface area (Å²) in [5.74, 6) is -1.04. The van der Waals surface area contributed by atoms with Crippen molar-refractivity contribution in [1.29, 1.82) is 0 Å². The van der Waals surface area contributed by atoms with Gasteiger partial charge in [-0.05, 0) is 49.9 Å². The Hall–Kier alpha value is -2.39. The molecule has 0 aliphatic carbocycles. The Morgan fingerprint density at radius 2 is 1.69 bits per heavy atom. The predicted molar refractivity (Wildman–Crippen MR) is 128 cm³/mol. The smallest absolute Gasteiger partial charge is 0.348 e. The molecular formula is C23H28BrNO6S. The first-order valence-corrected chi connectivity index (χ1v) is 11.8. The molecule has 2 rings (SSSR count). The third kappa shape index (κ3) is 6.32. The standard InChI is InChI=1S/C23H28BrNO6S/c1-7-29-21(27)18-13(3)19(22(28)30-8-2)32-20(18)25-17(26)12-31-16-10-9-14(24)11-15(16)23(4,5)6/h9-11H,7-8,12H2,1-6H3,(H,25,26). The molecule has 0 spiro atoms. The fourth-order valence-corrected chi connectivity index (χ4v) is 4.43. The van der Waals surface area contributed by atoms with Crippen LogP contribution in [0.2, 0.25) is 0 Å². The van der Waals surface area contributed by atoms with E-state index >= 15 is 0 Å². The number of hydrogen-bond acceptors (Lipinski definition) is 7. The number of hydrogen-bond donors (Lipinski definition) is 1. The summed E-state index contributed by atoms with van der Waals surface area (Å²) in [6.45, 7) is 11.3. The number of benzene rings is 1. The van der Waals surface area contributed by atoms with Crippen LogP contribution in [-0.2, 0) is 19.7 Å². The Morgan fingerprint density at radius 1 is 1.06 bits per heavy atom. The molecule has 2 aromatic rings. The first-order chi connectivity index (χ1) is 15.0. The second-order valence-corrected chi connectivity index (χ2v) is 9.86. The van der Waals surface area contributed by atoms with Gasteiger partial charge in [0.15, 0.2) is 6.61 Å². The first-order valence-electron chi connectivity index (χ1n) is 10.2. The normalized spacial score (nSPS) is 11.1. The molecule has 0 saturated carbocycles. The molecule has 174 valence electrons. The molecule has 0 unspecified atom stereocenters. The number of carbonyl (C=O) groups is 3. The van der Waals surface area contributed by atoms with Crippen molar-refractivity contribution in [3.63, 3.8) is 0 Å². The van der Waals surface area contributed by atoms with Crippen molar-refractivity contribution >= 4 is 50.1 Å². The average molecular weight is 526 g/mol. The van der Waals surface area contributed by atoms with Crippen molar-refractivity contribution in [2.45, 2.75) is 47.0 Å². The molecule has 1 heterocycles. The van der Waals surface area contributed by atoms with Gasteiger partial charge in [-0.15, -0.1) is 11.3 Å². The Bertz CT molecular complexity index is 1010. The van der Waals surface area contributed by atoms with E-state index in [1.54, 1.807) is 26.8 Å². The number of rotatable bonds is 8. The minimum absolute atomic E-state index is 0.146. The van der Waals surface area contributed by atoms with Crippen LogP contribution in [0, 0.1) is 6.92 Å². The van der Waals surface area contributed by atoms with Crippen LogP contribution in [0.15, 0.2) is 22.7 Å². The van der Waals surface area contributed by atoms with Crippen LogP contribution in [0.5, 0.6) is 5.75 Å². The maximum Gasteiger partial charge on any atom is 0.348 e. The number of carbonyl (C=O) groups excluding carboxylic acids is 3. The number of amides is 1. The molecule has 0 atom stereocenters. The molecule has 0 fully saturated rings. The third-order valence-corrected chi connectivity index (χ3v) is 6.13. The fourth-order valence-electron chi connectivity index (χ4n) is 2.96. The largest absolute Gasteiger partial charge is 0.483 e. The Kier molecular flexibility index (Phi) is 8.86. The van der Waals surface area contributed by atoms with Crippen molar-refractivity contribution in [2.75, 3.05) is 25.1 Å². The number of thiophene rings is 1. The van der Waals surface area contributed by atoms with Gasteiger partial charge < -0.3 is 19.5 Å². The van der Waals surface area contributed by atoms with E-state index in [-0.39, 0.29) is 40.7 Å². The predicted octanol–water partition coefficient (Wildman–Crippen LogP) is 5.49. The lowest BCUT2D eigenvalue weighted by molar-refractivity contribution is -0.118. The number of esters is 2. The lowest BCUT2D eigenvalue weighted by atomic mass is 9.86. The van der Waals surface area contributed by atoms with Crippen molar-refractivity contribution in [1.82, 2.24) is 0 Å². The highest BCUT2D eigenvalue weighted by molar-refractivity contribution is 9.10. The van der Waals surface area contributed by atoms with Gasteiger partial charge in [-0.1, -0.05) is 36.7 Å². The van der Waals surface area contributed by atoms with Crippen LogP contribution in [-0.4, -0.2) is 37.7 Å². The van der Waals surface area contributed by atoms with E-state index in [0.717, 1.165) is 21.4 Å². The molecular weight excluding hydrogens is 498 g/mol. The van der Waals surface area contributed by atoms with E-state index in [2.05, 4.69) is 42.0 Å². The van der Waals surface area contributed by atoms with E-state index in [1.165, 1.54) is 0 Å². The molecule has 0 radical (unpaired) electrons. The molecule has 32 heavy (non-hydrogen) atoms. The molecule has 1 amide bonds. The van der Waals surface area contributed by atoms with Crippen LogP contribution in [0.4, 0.5) is 5.00 Å². The lowest BCUT2D eigenvalue weighted by Gasteiger charge is -2.23. The second kappa shape index (κ2) is 11.0. The summed E-state index contributed by atoms with van der Waals surface area (Å²) < 4.78 is 16.9. The number of anilines is 1. The summed E-state index contributed by atoms with van der Waals surface area (Å²) in [7, 11) is 0. The summed E-state index contributed by atoms with van der Waals surface area (Å²) in [4.78, 5) is 37.6. The highest BCUT2D eigenvalue weighted by atomic mass is 79.9. The maximum atomic E-state index is 12.7. The van der Waals surface area contributed by atoms with Gasteiger partial charge in [-0.3, -0.25) is 4.79 Å². The Labute approximate surface area is 200 Å². The van der Waals surface area contributed by atoms with E-state index in [9.17, 15) is 14.4 Å². The summed E-state index contributed by atoms with van der Waals surface area (Å²) in [5.41, 5.74) is 1.31. The van der Waals surface area contributed by atoms with Crippen LogP contribution >= 0.6 is 27.3 Å². The molecule has 7 nitrogen and oxygen atoms in total. The number of nitrogens with one attached hydrogen (secondary N) is 1. The zero-order valence-corrected chi connectivity index (χ0v) is 21.5. The van der Waals surface area contributed by atoms with Gasteiger partial charge in [0.1, 0.15) is 15.6 Å². The molecule has 0 aliphatic rings. The van der Waals surface area contributed by atoms with Gasteiger partial charge in [-0.25, -0.2) is 9.59 Å². The zero-order chi connectivity index (χ0) is 24.1. The van der Waals surface area contributed by atoms with Crippen LogP contribution in [0.1, 0.15) is 65.8 Å². The van der Waals surface area contributed by atoms with Gasteiger partial charge >= 0.3 is 11.9 Å². The van der Waals surface area contributed by atoms with E-state index < -0.39 is 17.8 Å². The van der Waals surface area contributed by atoms with Gasteiger partial charge in [0.05, 0.1) is 18.8 Å². The summed E-state index contributed by atoms with van der Waals surface area (Å²) in [6, 6.07) is 5.60. The van der Waals surface area contributed by atoms with Crippen molar-refractivity contribution in [2.24, 2.45) is 0 Å². The third-order valence-electron chi connectivity index (χ3n) is 4.45. The van der Waals surface area contributed by atoms with E-state index in [4.69, 9.17) is 14.2 Å². The highest BCUT2D eigenvalue weighted by Crippen LogP contribution is 2.35. The highest BCUT2D eigenvalue weighted by Gasteiger charge is 2.27. The van der Waals surface area contributed by atoms with Gasteiger partial charge in [0.2, 0.25) is 0 Å². The van der Waals surface area contributed by atoms with E-state index in [0.29, 0.717) is 11.3 Å². The van der Waals surface area contributed by atoms with Crippen molar-refractivity contribution < 1.29 is 28.6 Å². The van der Waals surface area contributed by atoms with Crippen LogP contribution in [0.3, 0.4) is 0 Å². The summed E-state index contributed by atoms with van der Waals surface area (Å²) in [5, 5.41) is 2.91. The lowest BCUT2D eigenvalue weighted by Crippen LogP contribution is -2.22. The minimum Gasteiger partial charge on any atom is -0.483 e. The maximum absolute atomic E-state index is 12.7. The van der Waals surface area contributed by atoms with Crippen LogP contribution < -0.4 is 10.1 Å². The Balaban J connectivity index is 2.25. The number of halogens is 1. The van der Waals surface area contributed by atoms with Gasteiger partial charge in [0.25, 0.3) is 5.91 Å². The van der Waals surface area contributed by atoms with Crippen molar-refractivity contribution in [3.8, 4) is 5.75 Å².